The Kier molecular flexibility index (Phi) is 5.40. The molecule has 0 unspecified atom stereocenters. The predicted molar refractivity (Wildman–Crippen MR) is 66.1 cm³/mol. The smallest absolute Gasteiger partial charge is 0.341 e. The van der Waals surface area contributed by atoms with Crippen molar-refractivity contribution in [1.29, 1.82) is 0 Å². The Bertz CT molecular complexity index is 625. The largest absolute Gasteiger partial charge is 1.00 e. The molecule has 1 aromatic carbocycles. The lowest BCUT2D eigenvalue weighted by Gasteiger charge is -2.00. The number of nitrogens with zero attached hydrogens (tertiary/aromatic N) is 1. The van der Waals surface area contributed by atoms with Gasteiger partial charge < -0.3 is 27.2 Å². The average Bonchev–Trinajstić information content (AvgIpc) is 2.39. The number of aromatic nitrogens is 1. The van der Waals surface area contributed by atoms with Crippen LogP contribution >= 0.6 is 0 Å². The molecule has 0 saturated carbocycles. The van der Waals surface area contributed by atoms with Crippen LogP contribution in [-0.2, 0) is 6.54 Å². The van der Waals surface area contributed by atoms with Gasteiger partial charge in [-0.2, -0.15) is 4.57 Å². The van der Waals surface area contributed by atoms with E-state index in [9.17, 15) is 9.59 Å². The molecule has 5 nitrogen and oxygen atoms in total. The van der Waals surface area contributed by atoms with Crippen molar-refractivity contribution in [3.8, 4) is 0 Å². The minimum absolute atomic E-state index is 0. The molecule has 0 aliphatic heterocycles. The first-order chi connectivity index (χ1) is 9.06. The molecule has 0 spiro atoms. The molecule has 0 bridgehead atoms. The highest BCUT2D eigenvalue weighted by Crippen LogP contribution is 2.04. The van der Waals surface area contributed by atoms with Gasteiger partial charge in [-0.3, -0.25) is 0 Å². The quantitative estimate of drug-likeness (QED) is 0.660. The van der Waals surface area contributed by atoms with Crippen molar-refractivity contribution in [1.82, 2.24) is 0 Å². The summed E-state index contributed by atoms with van der Waals surface area (Å²) in [6.07, 6.45) is 3.30. The normalized spacial score (nSPS) is 9.60. The average molecular weight is 338 g/mol. The minimum atomic E-state index is -0.976. The first kappa shape index (κ1) is 15.8. The Morgan fingerprint density at radius 3 is 2.10 bits per heavy atom. The van der Waals surface area contributed by atoms with E-state index in [0.717, 1.165) is 5.56 Å². The van der Waals surface area contributed by atoms with Crippen LogP contribution in [0.25, 0.3) is 0 Å². The van der Waals surface area contributed by atoms with Gasteiger partial charge in [-0.15, -0.1) is 0 Å². The number of carboxylic acids is 2. The second kappa shape index (κ2) is 6.81. The van der Waals surface area contributed by atoms with Crippen LogP contribution in [0.15, 0.2) is 48.8 Å². The zero-order valence-corrected chi connectivity index (χ0v) is 11.9. The molecule has 2 aromatic rings. The van der Waals surface area contributed by atoms with Crippen LogP contribution in [0.2, 0.25) is 0 Å². The van der Waals surface area contributed by atoms with Gasteiger partial charge in [0.05, 0.1) is 5.56 Å². The third-order valence-corrected chi connectivity index (χ3v) is 2.67. The van der Waals surface area contributed by atoms with Gasteiger partial charge in [0.15, 0.2) is 18.9 Å². The second-order valence-corrected chi connectivity index (χ2v) is 4.07. The fraction of sp³-hybridized carbons (Fsp3) is 0.0714. The molecule has 0 fully saturated rings. The van der Waals surface area contributed by atoms with Crippen LogP contribution in [0.3, 0.4) is 0 Å². The van der Waals surface area contributed by atoms with E-state index >= 15 is 0 Å². The lowest BCUT2D eigenvalue weighted by Crippen LogP contribution is -3.00. The molecule has 2 rings (SSSR count). The Hall–Kier alpha value is -2.21. The van der Waals surface area contributed by atoms with E-state index in [1.165, 1.54) is 24.4 Å². The van der Waals surface area contributed by atoms with Crippen molar-refractivity contribution in [2.75, 3.05) is 0 Å². The fourth-order valence-electron chi connectivity index (χ4n) is 1.71. The van der Waals surface area contributed by atoms with Gasteiger partial charge in [-0.1, -0.05) is 12.1 Å². The van der Waals surface area contributed by atoms with Crippen molar-refractivity contribution in [3.05, 3.63) is 65.5 Å². The first-order valence-corrected chi connectivity index (χ1v) is 5.61. The van der Waals surface area contributed by atoms with E-state index in [2.05, 4.69) is 0 Å². The van der Waals surface area contributed by atoms with Gasteiger partial charge in [0.25, 0.3) is 0 Å². The van der Waals surface area contributed by atoms with Gasteiger partial charge in [-0.05, 0) is 18.2 Å². The summed E-state index contributed by atoms with van der Waals surface area (Å²) in [6.45, 7) is 0.487. The summed E-state index contributed by atoms with van der Waals surface area (Å²) in [5.74, 6) is -1.94. The summed E-state index contributed by atoms with van der Waals surface area (Å²) in [4.78, 5) is 21.6. The fourth-order valence-corrected chi connectivity index (χ4v) is 1.71. The Balaban J connectivity index is 0.00000200. The molecule has 0 saturated heterocycles. The maximum absolute atomic E-state index is 10.8. The Labute approximate surface area is 125 Å². The van der Waals surface area contributed by atoms with Gasteiger partial charge in [0.2, 0.25) is 0 Å². The number of carbonyl (C=O) groups is 2. The summed E-state index contributed by atoms with van der Waals surface area (Å²) in [6, 6.07) is 9.66. The molecule has 20 heavy (non-hydrogen) atoms. The number of pyridine rings is 1. The van der Waals surface area contributed by atoms with Gasteiger partial charge >= 0.3 is 11.9 Å². The number of hydrogen-bond acceptors (Lipinski definition) is 2. The third kappa shape index (κ3) is 3.89. The van der Waals surface area contributed by atoms with E-state index in [0.29, 0.717) is 6.54 Å². The number of halogens is 1. The zero-order chi connectivity index (χ0) is 13.8. The maximum Gasteiger partial charge on any atom is 0.341 e. The summed E-state index contributed by atoms with van der Waals surface area (Å²) < 4.78 is 1.74. The topological polar surface area (TPSA) is 78.5 Å². The predicted octanol–water partition coefficient (Wildman–Crippen LogP) is -1.58. The molecule has 1 aromatic heterocycles. The van der Waals surface area contributed by atoms with E-state index in [1.54, 1.807) is 29.0 Å². The van der Waals surface area contributed by atoms with Crippen LogP contribution < -0.4 is 21.5 Å². The second-order valence-electron chi connectivity index (χ2n) is 4.07. The summed E-state index contributed by atoms with van der Waals surface area (Å²) >= 11 is 0. The van der Waals surface area contributed by atoms with E-state index in [4.69, 9.17) is 10.2 Å². The molecular formula is C14H12BrNO4. The van der Waals surface area contributed by atoms with Gasteiger partial charge in [-0.25, -0.2) is 9.59 Å². The highest BCUT2D eigenvalue weighted by Gasteiger charge is 2.10. The lowest BCUT2D eigenvalue weighted by atomic mass is 10.1. The first-order valence-electron chi connectivity index (χ1n) is 5.61. The van der Waals surface area contributed by atoms with Gasteiger partial charge in [0.1, 0.15) is 5.56 Å². The van der Waals surface area contributed by atoms with Crippen LogP contribution in [0.1, 0.15) is 26.3 Å². The summed E-state index contributed by atoms with van der Waals surface area (Å²) in [5, 5.41) is 17.7. The molecule has 0 amide bonds. The number of rotatable bonds is 4. The highest BCUT2D eigenvalue weighted by molar-refractivity contribution is 5.87. The van der Waals surface area contributed by atoms with E-state index in [1.807, 2.05) is 0 Å². The van der Waals surface area contributed by atoms with Crippen molar-refractivity contribution in [3.63, 3.8) is 0 Å². The zero-order valence-electron chi connectivity index (χ0n) is 10.4. The number of benzene rings is 1. The molecule has 104 valence electrons. The van der Waals surface area contributed by atoms with Crippen LogP contribution in [0.5, 0.6) is 0 Å². The van der Waals surface area contributed by atoms with Crippen LogP contribution in [-0.4, -0.2) is 22.2 Å². The molecule has 1 heterocycles. The van der Waals surface area contributed by atoms with Gasteiger partial charge in [0, 0.05) is 11.6 Å². The monoisotopic (exact) mass is 337 g/mol. The van der Waals surface area contributed by atoms with Crippen molar-refractivity contribution < 1.29 is 41.4 Å². The molecule has 6 heteroatoms. The van der Waals surface area contributed by atoms with Crippen LogP contribution in [0.4, 0.5) is 0 Å². The highest BCUT2D eigenvalue weighted by atomic mass is 79.9. The summed E-state index contributed by atoms with van der Waals surface area (Å²) in [5.41, 5.74) is 1.34. The Morgan fingerprint density at radius 1 is 0.950 bits per heavy atom. The lowest BCUT2D eigenvalue weighted by molar-refractivity contribution is -0.688. The molecule has 2 N–H and O–H groups in total. The molecular weight excluding hydrogens is 326 g/mol. The molecule has 0 radical (unpaired) electrons. The van der Waals surface area contributed by atoms with Crippen molar-refractivity contribution >= 4 is 11.9 Å². The van der Waals surface area contributed by atoms with Crippen molar-refractivity contribution in [2.24, 2.45) is 0 Å². The van der Waals surface area contributed by atoms with Crippen LogP contribution in [0, 0.1) is 0 Å². The summed E-state index contributed by atoms with van der Waals surface area (Å²) in [7, 11) is 0. The Morgan fingerprint density at radius 2 is 1.55 bits per heavy atom. The molecule has 0 aliphatic carbocycles. The van der Waals surface area contributed by atoms with E-state index in [-0.39, 0.29) is 28.1 Å². The SMILES string of the molecule is O=C(O)c1ccc(C[n+]2cccc(C(=O)O)c2)cc1.[Br-]. The number of hydrogen-bond donors (Lipinski definition) is 2. The number of carboxylic acid groups (broad SMARTS) is 2. The minimum Gasteiger partial charge on any atom is -1.00 e. The standard InChI is InChI=1S/C14H11NO4.BrH/c16-13(17)11-5-3-10(4-6-11)8-15-7-1-2-12(9-15)14(18)19;/h1-7,9H,8H2,(H-,16,17,18,19);1H. The third-order valence-electron chi connectivity index (χ3n) is 2.67. The molecule has 0 aliphatic rings. The molecule has 0 atom stereocenters. The van der Waals surface area contributed by atoms with E-state index < -0.39 is 11.9 Å². The number of aromatic carboxylic acids is 2. The van der Waals surface area contributed by atoms with Crippen molar-refractivity contribution in [2.45, 2.75) is 6.54 Å². The maximum atomic E-state index is 10.8.